The predicted octanol–water partition coefficient (Wildman–Crippen LogP) is 3.03. The number of benzene rings is 1. The summed E-state index contributed by atoms with van der Waals surface area (Å²) in [6.45, 7) is 0.375. The van der Waals surface area contributed by atoms with E-state index in [-0.39, 0.29) is 16.0 Å². The number of aliphatic hydroxyl groups excluding tert-OH is 1. The molecular formula is C13H17ClFNO. The molecule has 3 N–H and O–H groups in total. The third-order valence-electron chi connectivity index (χ3n) is 3.86. The summed E-state index contributed by atoms with van der Waals surface area (Å²) < 4.78 is 13.9. The molecule has 1 saturated carbocycles. The van der Waals surface area contributed by atoms with Gasteiger partial charge in [-0.1, -0.05) is 36.6 Å². The van der Waals surface area contributed by atoms with E-state index in [2.05, 4.69) is 0 Å². The highest BCUT2D eigenvalue weighted by molar-refractivity contribution is 6.30. The van der Waals surface area contributed by atoms with Crippen molar-refractivity contribution >= 4 is 11.6 Å². The summed E-state index contributed by atoms with van der Waals surface area (Å²) in [5.74, 6) is -0.526. The largest absolute Gasteiger partial charge is 0.388 e. The van der Waals surface area contributed by atoms with Crippen LogP contribution >= 0.6 is 11.6 Å². The van der Waals surface area contributed by atoms with Crippen molar-refractivity contribution in [2.24, 2.45) is 11.1 Å². The van der Waals surface area contributed by atoms with Gasteiger partial charge in [-0.3, -0.25) is 0 Å². The molecule has 0 radical (unpaired) electrons. The van der Waals surface area contributed by atoms with Crippen LogP contribution in [0.1, 0.15) is 37.4 Å². The first kappa shape index (κ1) is 12.8. The summed E-state index contributed by atoms with van der Waals surface area (Å²) in [5.41, 5.74) is 5.66. The van der Waals surface area contributed by atoms with E-state index in [4.69, 9.17) is 17.3 Å². The second-order valence-electron chi connectivity index (χ2n) is 4.82. The molecule has 0 spiro atoms. The fraction of sp³-hybridized carbons (Fsp3) is 0.538. The van der Waals surface area contributed by atoms with Gasteiger partial charge in [0.25, 0.3) is 0 Å². The van der Waals surface area contributed by atoms with Gasteiger partial charge in [0.2, 0.25) is 0 Å². The van der Waals surface area contributed by atoms with Crippen LogP contribution in [0.25, 0.3) is 0 Å². The van der Waals surface area contributed by atoms with Crippen molar-refractivity contribution < 1.29 is 9.50 Å². The van der Waals surface area contributed by atoms with Crippen LogP contribution in [0, 0.1) is 11.2 Å². The molecule has 0 bridgehead atoms. The van der Waals surface area contributed by atoms with Gasteiger partial charge < -0.3 is 10.8 Å². The van der Waals surface area contributed by atoms with E-state index in [1.165, 1.54) is 6.07 Å². The SMILES string of the molecule is NCC1(C(O)c2cccc(Cl)c2F)CCCC1. The zero-order valence-electron chi connectivity index (χ0n) is 9.63. The minimum atomic E-state index is -0.867. The summed E-state index contributed by atoms with van der Waals surface area (Å²) in [7, 11) is 0. The Balaban J connectivity index is 2.35. The Kier molecular flexibility index (Phi) is 3.71. The van der Waals surface area contributed by atoms with Gasteiger partial charge in [-0.25, -0.2) is 4.39 Å². The average molecular weight is 258 g/mol. The maximum absolute atomic E-state index is 13.9. The van der Waals surface area contributed by atoms with Gasteiger partial charge in [0.05, 0.1) is 11.1 Å². The molecule has 0 heterocycles. The molecule has 2 rings (SSSR count). The summed E-state index contributed by atoms with van der Waals surface area (Å²) >= 11 is 5.74. The van der Waals surface area contributed by atoms with Crippen LogP contribution < -0.4 is 5.73 Å². The molecule has 1 aromatic carbocycles. The Morgan fingerprint density at radius 1 is 1.41 bits per heavy atom. The molecular weight excluding hydrogens is 241 g/mol. The van der Waals surface area contributed by atoms with E-state index in [9.17, 15) is 9.50 Å². The Hall–Kier alpha value is -0.640. The zero-order chi connectivity index (χ0) is 12.5. The number of halogens is 2. The van der Waals surface area contributed by atoms with Crippen molar-refractivity contribution in [3.05, 3.63) is 34.6 Å². The molecule has 0 aromatic heterocycles. The van der Waals surface area contributed by atoms with Crippen molar-refractivity contribution in [3.63, 3.8) is 0 Å². The van der Waals surface area contributed by atoms with E-state index in [0.29, 0.717) is 6.54 Å². The Labute approximate surface area is 106 Å². The van der Waals surface area contributed by atoms with E-state index >= 15 is 0 Å². The standard InChI is InChI=1S/C13H17ClFNO/c14-10-5-3-4-9(11(10)15)12(17)13(8-16)6-1-2-7-13/h3-5,12,17H,1-2,6-8,16H2. The van der Waals surface area contributed by atoms with Gasteiger partial charge in [0, 0.05) is 17.5 Å². The van der Waals surface area contributed by atoms with Crippen LogP contribution in [0.15, 0.2) is 18.2 Å². The van der Waals surface area contributed by atoms with E-state index in [0.717, 1.165) is 25.7 Å². The summed E-state index contributed by atoms with van der Waals surface area (Å²) in [6.07, 6.45) is 2.90. The predicted molar refractivity (Wildman–Crippen MR) is 66.3 cm³/mol. The molecule has 0 amide bonds. The second kappa shape index (κ2) is 4.92. The number of hydrogen-bond donors (Lipinski definition) is 2. The fourth-order valence-electron chi connectivity index (χ4n) is 2.73. The van der Waals surface area contributed by atoms with Crippen LogP contribution in [0.5, 0.6) is 0 Å². The third kappa shape index (κ3) is 2.19. The lowest BCUT2D eigenvalue weighted by molar-refractivity contribution is 0.0306. The normalized spacial score (nSPS) is 20.5. The molecule has 1 atom stereocenters. The van der Waals surface area contributed by atoms with Crippen molar-refractivity contribution in [1.82, 2.24) is 0 Å². The fourth-order valence-corrected chi connectivity index (χ4v) is 2.91. The first-order valence-corrected chi connectivity index (χ1v) is 6.30. The van der Waals surface area contributed by atoms with Gasteiger partial charge in [-0.05, 0) is 18.9 Å². The van der Waals surface area contributed by atoms with Crippen LogP contribution in [0.2, 0.25) is 5.02 Å². The molecule has 1 unspecified atom stereocenters. The molecule has 4 heteroatoms. The number of nitrogens with two attached hydrogens (primary N) is 1. The van der Waals surface area contributed by atoms with E-state index < -0.39 is 11.9 Å². The molecule has 17 heavy (non-hydrogen) atoms. The van der Waals surface area contributed by atoms with Crippen LogP contribution in [-0.2, 0) is 0 Å². The molecule has 1 fully saturated rings. The maximum Gasteiger partial charge on any atom is 0.147 e. The minimum Gasteiger partial charge on any atom is -0.388 e. The summed E-state index contributed by atoms with van der Waals surface area (Å²) in [6, 6.07) is 4.72. The minimum absolute atomic E-state index is 0.0479. The van der Waals surface area contributed by atoms with Gasteiger partial charge in [0.15, 0.2) is 0 Å². The van der Waals surface area contributed by atoms with Gasteiger partial charge >= 0.3 is 0 Å². The molecule has 0 aliphatic heterocycles. The highest BCUT2D eigenvalue weighted by Crippen LogP contribution is 2.47. The summed E-state index contributed by atoms with van der Waals surface area (Å²) in [5, 5.41) is 10.4. The third-order valence-corrected chi connectivity index (χ3v) is 4.15. The topological polar surface area (TPSA) is 46.2 Å². The lowest BCUT2D eigenvalue weighted by Crippen LogP contribution is -2.34. The number of rotatable bonds is 3. The molecule has 1 aromatic rings. The highest BCUT2D eigenvalue weighted by Gasteiger charge is 2.41. The monoisotopic (exact) mass is 257 g/mol. The highest BCUT2D eigenvalue weighted by atomic mass is 35.5. The second-order valence-corrected chi connectivity index (χ2v) is 5.23. The number of hydrogen-bond acceptors (Lipinski definition) is 2. The van der Waals surface area contributed by atoms with Crippen molar-refractivity contribution in [2.75, 3.05) is 6.54 Å². The maximum atomic E-state index is 13.9. The smallest absolute Gasteiger partial charge is 0.147 e. The Morgan fingerprint density at radius 2 is 2.06 bits per heavy atom. The molecule has 2 nitrogen and oxygen atoms in total. The first-order chi connectivity index (χ1) is 8.10. The molecule has 1 aliphatic rings. The van der Waals surface area contributed by atoms with Crippen molar-refractivity contribution in [2.45, 2.75) is 31.8 Å². The van der Waals surface area contributed by atoms with Gasteiger partial charge in [-0.2, -0.15) is 0 Å². The van der Waals surface area contributed by atoms with Crippen LogP contribution in [0.3, 0.4) is 0 Å². The molecule has 1 aliphatic carbocycles. The zero-order valence-corrected chi connectivity index (χ0v) is 10.4. The first-order valence-electron chi connectivity index (χ1n) is 5.93. The van der Waals surface area contributed by atoms with E-state index in [1.54, 1.807) is 12.1 Å². The van der Waals surface area contributed by atoms with Gasteiger partial charge in [-0.15, -0.1) is 0 Å². The van der Waals surface area contributed by atoms with Crippen molar-refractivity contribution in [1.29, 1.82) is 0 Å². The van der Waals surface area contributed by atoms with E-state index in [1.807, 2.05) is 0 Å². The number of aliphatic hydroxyl groups is 1. The lowest BCUT2D eigenvalue weighted by Gasteiger charge is -2.33. The lowest BCUT2D eigenvalue weighted by atomic mass is 9.77. The Bertz CT molecular complexity index is 404. The van der Waals surface area contributed by atoms with Gasteiger partial charge in [0.1, 0.15) is 5.82 Å². The van der Waals surface area contributed by atoms with Crippen LogP contribution in [-0.4, -0.2) is 11.7 Å². The Morgan fingerprint density at radius 3 is 2.65 bits per heavy atom. The quantitative estimate of drug-likeness (QED) is 0.874. The van der Waals surface area contributed by atoms with Crippen LogP contribution in [0.4, 0.5) is 4.39 Å². The molecule has 94 valence electrons. The molecule has 0 saturated heterocycles. The summed E-state index contributed by atoms with van der Waals surface area (Å²) in [4.78, 5) is 0. The average Bonchev–Trinajstić information content (AvgIpc) is 2.82. The van der Waals surface area contributed by atoms with Crippen molar-refractivity contribution in [3.8, 4) is 0 Å².